The van der Waals surface area contributed by atoms with Gasteiger partial charge in [-0.3, -0.25) is 14.6 Å². The Morgan fingerprint density at radius 2 is 1.12 bits per heavy atom. The highest BCUT2D eigenvalue weighted by molar-refractivity contribution is 6.01. The smallest absolute Gasteiger partial charge is 0.181 e. The molecule has 2 rings (SSSR count). The van der Waals surface area contributed by atoms with E-state index in [1.54, 1.807) is 0 Å². The van der Waals surface area contributed by atoms with Gasteiger partial charge in [-0.25, -0.2) is 0 Å². The number of likely N-dealkylation sites (N-methyl/N-ethyl adjacent to an activating group) is 2. The van der Waals surface area contributed by atoms with Crippen molar-refractivity contribution < 1.29 is 4.79 Å². The Balaban J connectivity index is 2.53. The number of allylic oxidation sites excluding steroid dienone is 4. The van der Waals surface area contributed by atoms with Gasteiger partial charge in [-0.2, -0.15) is 0 Å². The second-order valence-electron chi connectivity index (χ2n) is 6.51. The van der Waals surface area contributed by atoms with Crippen LogP contribution in [0.15, 0.2) is 48.6 Å². The molecule has 0 amide bonds. The minimum atomic E-state index is -0.545. The van der Waals surface area contributed by atoms with Crippen molar-refractivity contribution in [1.29, 1.82) is 0 Å². The summed E-state index contributed by atoms with van der Waals surface area (Å²) in [6.07, 6.45) is 18.2. The number of hydrogen-bond donors (Lipinski definition) is 0. The minimum absolute atomic E-state index is 0.309. The van der Waals surface area contributed by atoms with Crippen molar-refractivity contribution in [3.8, 4) is 0 Å². The Morgan fingerprint density at radius 3 is 1.38 bits per heavy atom. The van der Waals surface area contributed by atoms with E-state index in [1.165, 1.54) is 0 Å². The first-order valence-corrected chi connectivity index (χ1v) is 9.35. The fourth-order valence-electron chi connectivity index (χ4n) is 4.26. The Kier molecular flexibility index (Phi) is 6.36. The van der Waals surface area contributed by atoms with Gasteiger partial charge in [0.2, 0.25) is 0 Å². The Bertz CT molecular complexity index is 504. The zero-order valence-corrected chi connectivity index (χ0v) is 15.7. The highest BCUT2D eigenvalue weighted by Gasteiger charge is 2.52. The summed E-state index contributed by atoms with van der Waals surface area (Å²) in [5, 5.41) is 0. The van der Waals surface area contributed by atoms with Crippen LogP contribution in [0, 0.1) is 0 Å². The van der Waals surface area contributed by atoms with Crippen molar-refractivity contribution in [3.63, 3.8) is 0 Å². The topological polar surface area (TPSA) is 23.6 Å². The van der Waals surface area contributed by atoms with Crippen LogP contribution < -0.4 is 0 Å². The van der Waals surface area contributed by atoms with Gasteiger partial charge in [0.05, 0.1) is 0 Å². The van der Waals surface area contributed by atoms with Crippen LogP contribution in [0.4, 0.5) is 0 Å². The lowest BCUT2D eigenvalue weighted by molar-refractivity contribution is -0.138. The van der Waals surface area contributed by atoms with Gasteiger partial charge in [0.15, 0.2) is 5.78 Å². The molecule has 0 radical (unpaired) electrons. The van der Waals surface area contributed by atoms with Crippen molar-refractivity contribution >= 4 is 5.78 Å². The average molecular weight is 329 g/mol. The van der Waals surface area contributed by atoms with Crippen LogP contribution >= 0.6 is 0 Å². The van der Waals surface area contributed by atoms with Crippen LogP contribution in [0.5, 0.6) is 0 Å². The lowest BCUT2D eigenvalue weighted by Crippen LogP contribution is -2.65. The van der Waals surface area contributed by atoms with Gasteiger partial charge in [0.1, 0.15) is 11.1 Å². The molecule has 0 aromatic carbocycles. The molecule has 0 N–H and O–H groups in total. The van der Waals surface area contributed by atoms with Gasteiger partial charge in [-0.15, -0.1) is 0 Å². The zero-order valence-electron chi connectivity index (χ0n) is 15.7. The quantitative estimate of drug-likeness (QED) is 0.678. The van der Waals surface area contributed by atoms with E-state index in [9.17, 15) is 4.79 Å². The molecule has 3 heteroatoms. The molecule has 132 valence electrons. The monoisotopic (exact) mass is 328 g/mol. The average Bonchev–Trinajstić information content (AvgIpc) is 2.64. The predicted octanol–water partition coefficient (Wildman–Crippen LogP) is 3.75. The van der Waals surface area contributed by atoms with Crippen LogP contribution in [0.25, 0.3) is 0 Å². The molecule has 0 heterocycles. The summed E-state index contributed by atoms with van der Waals surface area (Å²) in [7, 11) is 0. The maximum Gasteiger partial charge on any atom is 0.181 e. The van der Waals surface area contributed by atoms with Crippen LogP contribution in [0.2, 0.25) is 0 Å². The van der Waals surface area contributed by atoms with Gasteiger partial charge in [0, 0.05) is 0 Å². The zero-order chi connectivity index (χ0) is 17.6. The molecular weight excluding hydrogens is 296 g/mol. The Hall–Kier alpha value is -1.45. The molecule has 0 saturated carbocycles. The molecule has 0 fully saturated rings. The first-order chi connectivity index (χ1) is 11.6. The van der Waals surface area contributed by atoms with Crippen molar-refractivity contribution in [2.45, 2.75) is 51.6 Å². The van der Waals surface area contributed by atoms with Crippen LogP contribution in [0.3, 0.4) is 0 Å². The third kappa shape index (κ3) is 3.07. The molecule has 0 aliphatic heterocycles. The number of carbonyl (C=O) groups excluding carboxylic acids is 1. The van der Waals surface area contributed by atoms with E-state index in [2.05, 4.69) is 74.0 Å². The summed E-state index contributed by atoms with van der Waals surface area (Å²) < 4.78 is 0. The second-order valence-corrected chi connectivity index (χ2v) is 6.51. The van der Waals surface area contributed by atoms with Crippen molar-refractivity contribution in [2.24, 2.45) is 0 Å². The number of ketones is 1. The van der Waals surface area contributed by atoms with E-state index in [1.807, 2.05) is 12.2 Å². The lowest BCUT2D eigenvalue weighted by atomic mass is 9.72. The summed E-state index contributed by atoms with van der Waals surface area (Å²) in [4.78, 5) is 18.7. The summed E-state index contributed by atoms with van der Waals surface area (Å²) in [5.41, 5.74) is -1.09. The number of nitrogens with zero attached hydrogens (tertiary/aromatic N) is 2. The lowest BCUT2D eigenvalue weighted by Gasteiger charge is -2.49. The summed E-state index contributed by atoms with van der Waals surface area (Å²) >= 11 is 0. The number of rotatable bonds is 8. The molecule has 0 saturated heterocycles. The predicted molar refractivity (Wildman–Crippen MR) is 102 cm³/mol. The number of Topliss-reactive ketones (excluding diaryl/α,β-unsaturated/α-hetero) is 1. The second kappa shape index (κ2) is 8.09. The highest BCUT2D eigenvalue weighted by atomic mass is 16.1. The summed E-state index contributed by atoms with van der Waals surface area (Å²) in [5.74, 6) is 0.309. The fourth-order valence-corrected chi connectivity index (χ4v) is 4.26. The molecular formula is C21H32N2O. The van der Waals surface area contributed by atoms with Gasteiger partial charge >= 0.3 is 0 Å². The SMILES string of the molecule is CCN(CC)C1(C(=O)C2(N(CC)CC)C=CC=CC2)C=CC=CC1. The van der Waals surface area contributed by atoms with Gasteiger partial charge in [-0.05, 0) is 39.0 Å². The standard InChI is InChI=1S/C21H32N2O/c1-5-22(6-2)20(15-11-9-12-16-20)19(24)21(23(7-3)8-4)17-13-10-14-18-21/h9-15,17H,5-8,16,18H2,1-4H3. The molecule has 24 heavy (non-hydrogen) atoms. The first-order valence-electron chi connectivity index (χ1n) is 9.35. The van der Waals surface area contributed by atoms with Crippen LogP contribution in [-0.2, 0) is 4.79 Å². The third-order valence-electron chi connectivity index (χ3n) is 5.54. The van der Waals surface area contributed by atoms with E-state index >= 15 is 0 Å². The van der Waals surface area contributed by atoms with E-state index in [4.69, 9.17) is 0 Å². The first kappa shape index (κ1) is 18.9. The molecule has 2 aliphatic rings. The minimum Gasteiger partial charge on any atom is -0.295 e. The van der Waals surface area contributed by atoms with Crippen molar-refractivity contribution in [2.75, 3.05) is 26.2 Å². The number of hydrogen-bond acceptors (Lipinski definition) is 3. The normalized spacial score (nSPS) is 28.9. The Morgan fingerprint density at radius 1 is 0.750 bits per heavy atom. The summed E-state index contributed by atoms with van der Waals surface area (Å²) in [6, 6.07) is 0. The molecule has 3 nitrogen and oxygen atoms in total. The third-order valence-corrected chi connectivity index (χ3v) is 5.54. The van der Waals surface area contributed by atoms with Crippen LogP contribution in [-0.4, -0.2) is 52.8 Å². The molecule has 0 spiro atoms. The molecule has 0 aromatic heterocycles. The van der Waals surface area contributed by atoms with Crippen molar-refractivity contribution in [1.82, 2.24) is 9.80 Å². The largest absolute Gasteiger partial charge is 0.295 e. The molecule has 2 atom stereocenters. The maximum atomic E-state index is 14.1. The highest BCUT2D eigenvalue weighted by Crippen LogP contribution is 2.37. The molecule has 2 aliphatic carbocycles. The van der Waals surface area contributed by atoms with Gasteiger partial charge < -0.3 is 0 Å². The Labute approximate surface area is 147 Å². The fraction of sp³-hybridized carbons (Fsp3) is 0.571. The summed E-state index contributed by atoms with van der Waals surface area (Å²) in [6.45, 7) is 12.1. The van der Waals surface area contributed by atoms with E-state index in [-0.39, 0.29) is 0 Å². The van der Waals surface area contributed by atoms with E-state index < -0.39 is 11.1 Å². The molecule has 0 bridgehead atoms. The van der Waals surface area contributed by atoms with E-state index in [0.29, 0.717) is 5.78 Å². The van der Waals surface area contributed by atoms with Crippen molar-refractivity contribution in [3.05, 3.63) is 48.6 Å². The van der Waals surface area contributed by atoms with Gasteiger partial charge in [0.25, 0.3) is 0 Å². The molecule has 2 unspecified atom stereocenters. The molecule has 0 aromatic rings. The van der Waals surface area contributed by atoms with E-state index in [0.717, 1.165) is 39.0 Å². The van der Waals surface area contributed by atoms with Crippen LogP contribution in [0.1, 0.15) is 40.5 Å². The maximum absolute atomic E-state index is 14.1. The number of carbonyl (C=O) groups is 1. The van der Waals surface area contributed by atoms with Gasteiger partial charge in [-0.1, -0.05) is 76.3 Å².